The van der Waals surface area contributed by atoms with Gasteiger partial charge in [-0.1, -0.05) is 23.2 Å². The summed E-state index contributed by atoms with van der Waals surface area (Å²) in [4.78, 5) is 10.4. The molecule has 1 aromatic heterocycles. The molecule has 0 N–H and O–H groups in total. The van der Waals surface area contributed by atoms with Crippen molar-refractivity contribution >= 4 is 40.5 Å². The number of aldehydes is 1. The minimum atomic E-state index is 0.227. The fourth-order valence-electron chi connectivity index (χ4n) is 1.13. The van der Waals surface area contributed by atoms with Crippen LogP contribution in [0.2, 0.25) is 10.0 Å². The van der Waals surface area contributed by atoms with Crippen LogP contribution in [0.25, 0.3) is 11.0 Å². The van der Waals surface area contributed by atoms with E-state index in [0.29, 0.717) is 27.3 Å². The molecule has 2 rings (SSSR count). The van der Waals surface area contributed by atoms with E-state index in [4.69, 9.17) is 27.6 Å². The molecule has 0 spiro atoms. The van der Waals surface area contributed by atoms with Gasteiger partial charge in [0.25, 0.3) is 0 Å². The van der Waals surface area contributed by atoms with Crippen LogP contribution >= 0.6 is 23.2 Å². The van der Waals surface area contributed by atoms with Crippen molar-refractivity contribution in [3.05, 3.63) is 34.0 Å². The number of furan rings is 1. The summed E-state index contributed by atoms with van der Waals surface area (Å²) < 4.78 is 5.14. The third-order valence-corrected chi connectivity index (χ3v) is 2.34. The van der Waals surface area contributed by atoms with Crippen LogP contribution in [0.3, 0.4) is 0 Å². The van der Waals surface area contributed by atoms with Crippen LogP contribution in [-0.4, -0.2) is 6.29 Å². The van der Waals surface area contributed by atoms with Gasteiger partial charge >= 0.3 is 0 Å². The zero-order valence-corrected chi connectivity index (χ0v) is 7.89. The van der Waals surface area contributed by atoms with Crippen LogP contribution in [0.5, 0.6) is 0 Å². The average molecular weight is 215 g/mol. The minimum absolute atomic E-state index is 0.227. The van der Waals surface area contributed by atoms with Crippen molar-refractivity contribution in [2.24, 2.45) is 0 Å². The van der Waals surface area contributed by atoms with Gasteiger partial charge in [-0.2, -0.15) is 0 Å². The fourth-order valence-corrected chi connectivity index (χ4v) is 1.54. The highest BCUT2D eigenvalue weighted by atomic mass is 35.5. The van der Waals surface area contributed by atoms with Crippen molar-refractivity contribution in [3.63, 3.8) is 0 Å². The molecule has 0 unspecified atom stereocenters. The molecule has 0 saturated heterocycles. The normalized spacial score (nSPS) is 10.6. The molecule has 13 heavy (non-hydrogen) atoms. The second-order valence-electron chi connectivity index (χ2n) is 2.54. The lowest BCUT2D eigenvalue weighted by atomic mass is 10.2. The standard InChI is InChI=1S/C9H4Cl2O2/c10-7-1-2-8(11)9-6(7)3-5(4-12)13-9/h1-4H. The van der Waals surface area contributed by atoms with Gasteiger partial charge in [-0.3, -0.25) is 4.79 Å². The minimum Gasteiger partial charge on any atom is -0.452 e. The van der Waals surface area contributed by atoms with Gasteiger partial charge < -0.3 is 4.42 Å². The molecule has 0 atom stereocenters. The smallest absolute Gasteiger partial charge is 0.185 e. The average Bonchev–Trinajstić information content (AvgIpc) is 2.56. The van der Waals surface area contributed by atoms with Crippen LogP contribution < -0.4 is 0 Å². The molecule has 2 aromatic rings. The Morgan fingerprint density at radius 2 is 1.92 bits per heavy atom. The van der Waals surface area contributed by atoms with Gasteiger partial charge in [-0.25, -0.2) is 0 Å². The summed E-state index contributed by atoms with van der Waals surface area (Å²) in [6.07, 6.45) is 0.618. The van der Waals surface area contributed by atoms with E-state index in [0.717, 1.165) is 0 Å². The number of fused-ring (bicyclic) bond motifs is 1. The largest absolute Gasteiger partial charge is 0.452 e. The highest BCUT2D eigenvalue weighted by Crippen LogP contribution is 2.31. The molecule has 0 radical (unpaired) electrons. The Morgan fingerprint density at radius 1 is 1.23 bits per heavy atom. The van der Waals surface area contributed by atoms with Crippen LogP contribution in [0, 0.1) is 0 Å². The lowest BCUT2D eigenvalue weighted by Crippen LogP contribution is -1.67. The van der Waals surface area contributed by atoms with Crippen molar-refractivity contribution < 1.29 is 9.21 Å². The Morgan fingerprint density at radius 3 is 2.54 bits per heavy atom. The second kappa shape index (κ2) is 3.05. The Bertz CT molecular complexity index is 435. The number of halogens is 2. The number of hydrogen-bond donors (Lipinski definition) is 0. The van der Waals surface area contributed by atoms with Gasteiger partial charge in [-0.15, -0.1) is 0 Å². The zero-order chi connectivity index (χ0) is 9.42. The predicted molar refractivity (Wildman–Crippen MR) is 51.6 cm³/mol. The number of hydrogen-bond acceptors (Lipinski definition) is 2. The van der Waals surface area contributed by atoms with Crippen LogP contribution in [0.1, 0.15) is 10.6 Å². The van der Waals surface area contributed by atoms with E-state index in [-0.39, 0.29) is 5.76 Å². The summed E-state index contributed by atoms with van der Waals surface area (Å²) in [6, 6.07) is 4.86. The number of carbonyl (C=O) groups excluding carboxylic acids is 1. The molecule has 66 valence electrons. The molecule has 0 aliphatic carbocycles. The zero-order valence-electron chi connectivity index (χ0n) is 6.38. The maximum absolute atomic E-state index is 10.4. The maximum atomic E-state index is 10.4. The van der Waals surface area contributed by atoms with E-state index in [1.165, 1.54) is 0 Å². The molecule has 1 aromatic carbocycles. The van der Waals surface area contributed by atoms with Gasteiger partial charge in [0.05, 0.1) is 10.0 Å². The van der Waals surface area contributed by atoms with E-state index < -0.39 is 0 Å². The fraction of sp³-hybridized carbons (Fsp3) is 0. The van der Waals surface area contributed by atoms with Gasteiger partial charge in [0.2, 0.25) is 0 Å². The molecule has 0 fully saturated rings. The molecule has 0 aliphatic heterocycles. The van der Waals surface area contributed by atoms with Gasteiger partial charge in [-0.05, 0) is 18.2 Å². The highest BCUT2D eigenvalue weighted by Gasteiger charge is 2.09. The highest BCUT2D eigenvalue weighted by molar-refractivity contribution is 6.39. The molecule has 4 heteroatoms. The third kappa shape index (κ3) is 1.32. The van der Waals surface area contributed by atoms with Crippen molar-refractivity contribution in [3.8, 4) is 0 Å². The first kappa shape index (κ1) is 8.60. The van der Waals surface area contributed by atoms with Gasteiger partial charge in [0.15, 0.2) is 17.6 Å². The van der Waals surface area contributed by atoms with Crippen molar-refractivity contribution in [2.75, 3.05) is 0 Å². The van der Waals surface area contributed by atoms with E-state index in [9.17, 15) is 4.79 Å². The third-order valence-electron chi connectivity index (χ3n) is 1.72. The first-order valence-corrected chi connectivity index (χ1v) is 4.30. The Balaban J connectivity index is 2.87. The molecule has 1 heterocycles. The lowest BCUT2D eigenvalue weighted by Gasteiger charge is -1.93. The summed E-state index contributed by atoms with van der Waals surface area (Å²) >= 11 is 11.7. The predicted octanol–water partition coefficient (Wildman–Crippen LogP) is 3.55. The second-order valence-corrected chi connectivity index (χ2v) is 3.35. The van der Waals surface area contributed by atoms with Gasteiger partial charge in [0.1, 0.15) is 0 Å². The maximum Gasteiger partial charge on any atom is 0.185 e. The lowest BCUT2D eigenvalue weighted by molar-refractivity contribution is 0.110. The summed E-state index contributed by atoms with van der Waals surface area (Å²) in [5, 5.41) is 1.64. The van der Waals surface area contributed by atoms with Crippen molar-refractivity contribution in [2.45, 2.75) is 0 Å². The molecule has 2 nitrogen and oxygen atoms in total. The molecular formula is C9H4Cl2O2. The first-order valence-electron chi connectivity index (χ1n) is 3.55. The number of benzene rings is 1. The van der Waals surface area contributed by atoms with Crippen LogP contribution in [0.15, 0.2) is 22.6 Å². The summed E-state index contributed by atoms with van der Waals surface area (Å²) in [7, 11) is 0. The Hall–Kier alpha value is -0.990. The van der Waals surface area contributed by atoms with E-state index in [1.807, 2.05) is 0 Å². The monoisotopic (exact) mass is 214 g/mol. The van der Waals surface area contributed by atoms with Crippen LogP contribution in [-0.2, 0) is 0 Å². The van der Waals surface area contributed by atoms with E-state index in [1.54, 1.807) is 18.2 Å². The molecule has 0 bridgehead atoms. The number of rotatable bonds is 1. The molecule has 0 aliphatic rings. The molecule has 0 saturated carbocycles. The summed E-state index contributed by atoms with van der Waals surface area (Å²) in [6.45, 7) is 0. The Kier molecular flexibility index (Phi) is 2.02. The topological polar surface area (TPSA) is 30.2 Å². The Labute approximate surface area is 84.0 Å². The number of carbonyl (C=O) groups is 1. The van der Waals surface area contributed by atoms with E-state index in [2.05, 4.69) is 0 Å². The van der Waals surface area contributed by atoms with Crippen molar-refractivity contribution in [1.82, 2.24) is 0 Å². The molecule has 0 amide bonds. The van der Waals surface area contributed by atoms with Gasteiger partial charge in [0, 0.05) is 5.39 Å². The summed E-state index contributed by atoms with van der Waals surface area (Å²) in [5.41, 5.74) is 0.455. The quantitative estimate of drug-likeness (QED) is 0.680. The van der Waals surface area contributed by atoms with Crippen molar-refractivity contribution in [1.29, 1.82) is 0 Å². The SMILES string of the molecule is O=Cc1cc2c(Cl)ccc(Cl)c2o1. The van der Waals surface area contributed by atoms with Crippen LogP contribution in [0.4, 0.5) is 0 Å². The first-order chi connectivity index (χ1) is 6.22. The van der Waals surface area contributed by atoms with E-state index >= 15 is 0 Å². The summed E-state index contributed by atoms with van der Waals surface area (Å²) in [5.74, 6) is 0.227. The molecular weight excluding hydrogens is 211 g/mol.